The molecule has 0 aromatic heterocycles. The molecule has 1 saturated heterocycles. The molecule has 1 fully saturated rings. The van der Waals surface area contributed by atoms with E-state index in [0.29, 0.717) is 0 Å². The minimum absolute atomic E-state index is 0.110. The fourth-order valence-corrected chi connectivity index (χ4v) is 1.18. The van der Waals surface area contributed by atoms with E-state index in [1.54, 1.807) is 13.8 Å². The lowest BCUT2D eigenvalue weighted by Gasteiger charge is -2.25. The molecule has 0 radical (unpaired) electrons. The van der Waals surface area contributed by atoms with Gasteiger partial charge in [0.25, 0.3) is 0 Å². The largest absolute Gasteiger partial charge is 0.389 e. The third-order valence-electron chi connectivity index (χ3n) is 2.02. The number of piperazine rings is 1. The second-order valence-corrected chi connectivity index (χ2v) is 4.27. The lowest BCUT2D eigenvalue weighted by Crippen LogP contribution is -2.58. The number of rotatable bonds is 3. The van der Waals surface area contributed by atoms with Crippen molar-refractivity contribution in [2.75, 3.05) is 19.6 Å². The molecule has 1 heterocycles. The third-order valence-corrected chi connectivity index (χ3v) is 2.02. The maximum absolute atomic E-state index is 11.5. The molecule has 15 heavy (non-hydrogen) atoms. The Balaban J connectivity index is 2.31. The van der Waals surface area contributed by atoms with Gasteiger partial charge in [-0.2, -0.15) is 0 Å². The summed E-state index contributed by atoms with van der Waals surface area (Å²) in [6.45, 7) is 3.86. The molecule has 6 nitrogen and oxygen atoms in total. The first kappa shape index (κ1) is 11.9. The van der Waals surface area contributed by atoms with Crippen LogP contribution in [0.2, 0.25) is 0 Å². The predicted octanol–water partition coefficient (Wildman–Crippen LogP) is -2.04. The minimum Gasteiger partial charge on any atom is -0.389 e. The monoisotopic (exact) mass is 215 g/mol. The molecule has 86 valence electrons. The van der Waals surface area contributed by atoms with E-state index in [1.165, 1.54) is 0 Å². The zero-order chi connectivity index (χ0) is 11.5. The van der Waals surface area contributed by atoms with Gasteiger partial charge in [0.15, 0.2) is 0 Å². The van der Waals surface area contributed by atoms with Crippen molar-refractivity contribution in [3.8, 4) is 0 Å². The number of carbonyl (C=O) groups excluding carboxylic acids is 2. The van der Waals surface area contributed by atoms with Crippen LogP contribution in [0, 0.1) is 0 Å². The summed E-state index contributed by atoms with van der Waals surface area (Å²) in [5, 5.41) is 17.4. The number of hydrogen-bond donors (Lipinski definition) is 4. The molecule has 6 heteroatoms. The van der Waals surface area contributed by atoms with Gasteiger partial charge in [-0.15, -0.1) is 0 Å². The molecule has 2 amide bonds. The molecule has 0 aliphatic carbocycles. The van der Waals surface area contributed by atoms with Crippen LogP contribution in [0.3, 0.4) is 0 Å². The highest BCUT2D eigenvalue weighted by molar-refractivity contribution is 5.86. The van der Waals surface area contributed by atoms with Crippen molar-refractivity contribution >= 4 is 11.8 Å². The van der Waals surface area contributed by atoms with E-state index in [-0.39, 0.29) is 31.4 Å². The molecular weight excluding hydrogens is 198 g/mol. The average molecular weight is 215 g/mol. The highest BCUT2D eigenvalue weighted by Gasteiger charge is 2.24. The number of nitrogens with one attached hydrogen (secondary N) is 3. The van der Waals surface area contributed by atoms with Gasteiger partial charge >= 0.3 is 0 Å². The maximum atomic E-state index is 11.5. The molecule has 1 aliphatic heterocycles. The number of hydrogen-bond acceptors (Lipinski definition) is 4. The zero-order valence-corrected chi connectivity index (χ0v) is 8.96. The fourth-order valence-electron chi connectivity index (χ4n) is 1.18. The van der Waals surface area contributed by atoms with Crippen LogP contribution < -0.4 is 16.0 Å². The summed E-state index contributed by atoms with van der Waals surface area (Å²) >= 11 is 0. The van der Waals surface area contributed by atoms with Crippen molar-refractivity contribution < 1.29 is 14.7 Å². The average Bonchev–Trinajstić information content (AvgIpc) is 2.14. The molecule has 0 aromatic carbocycles. The van der Waals surface area contributed by atoms with Gasteiger partial charge in [-0.25, -0.2) is 0 Å². The lowest BCUT2D eigenvalue weighted by molar-refractivity contribution is -0.127. The number of aliphatic hydroxyl groups is 1. The van der Waals surface area contributed by atoms with Crippen LogP contribution in [0.1, 0.15) is 13.8 Å². The van der Waals surface area contributed by atoms with Crippen LogP contribution in [0.5, 0.6) is 0 Å². The topological polar surface area (TPSA) is 90.5 Å². The first-order valence-corrected chi connectivity index (χ1v) is 4.89. The summed E-state index contributed by atoms with van der Waals surface area (Å²) < 4.78 is 0. The number of amides is 2. The first-order valence-electron chi connectivity index (χ1n) is 4.89. The molecule has 1 aliphatic rings. The van der Waals surface area contributed by atoms with E-state index in [1.807, 2.05) is 0 Å². The summed E-state index contributed by atoms with van der Waals surface area (Å²) in [4.78, 5) is 22.3. The van der Waals surface area contributed by atoms with E-state index < -0.39 is 11.6 Å². The Labute approximate surface area is 88.4 Å². The van der Waals surface area contributed by atoms with Gasteiger partial charge in [0.1, 0.15) is 6.04 Å². The van der Waals surface area contributed by atoms with Crippen LogP contribution in [-0.4, -0.2) is 48.2 Å². The van der Waals surface area contributed by atoms with Crippen molar-refractivity contribution in [2.24, 2.45) is 0 Å². The fraction of sp³-hybridized carbons (Fsp3) is 0.778. The van der Waals surface area contributed by atoms with Crippen molar-refractivity contribution in [1.29, 1.82) is 0 Å². The number of carbonyl (C=O) groups is 2. The lowest BCUT2D eigenvalue weighted by atomic mass is 10.1. The Morgan fingerprint density at radius 2 is 2.33 bits per heavy atom. The normalized spacial score (nSPS) is 22.1. The maximum Gasteiger partial charge on any atom is 0.239 e. The van der Waals surface area contributed by atoms with E-state index in [0.717, 1.165) is 0 Å². The molecule has 0 aromatic rings. The molecule has 1 atom stereocenters. The van der Waals surface area contributed by atoms with Gasteiger partial charge < -0.3 is 15.7 Å². The third kappa shape index (κ3) is 4.26. The van der Waals surface area contributed by atoms with Crippen LogP contribution in [0.25, 0.3) is 0 Å². The van der Waals surface area contributed by atoms with Crippen LogP contribution in [0.4, 0.5) is 0 Å². The van der Waals surface area contributed by atoms with Crippen LogP contribution >= 0.6 is 0 Å². The minimum atomic E-state index is -0.923. The van der Waals surface area contributed by atoms with Crippen molar-refractivity contribution in [3.05, 3.63) is 0 Å². The quantitative estimate of drug-likeness (QED) is 0.436. The summed E-state index contributed by atoms with van der Waals surface area (Å²) in [7, 11) is 0. The van der Waals surface area contributed by atoms with Gasteiger partial charge in [0.05, 0.1) is 12.1 Å². The molecule has 1 unspecified atom stereocenters. The molecular formula is C9H17N3O3. The Morgan fingerprint density at radius 3 is 2.80 bits per heavy atom. The summed E-state index contributed by atoms with van der Waals surface area (Å²) in [6.07, 6.45) is 0. The van der Waals surface area contributed by atoms with E-state index >= 15 is 0 Å². The van der Waals surface area contributed by atoms with Crippen molar-refractivity contribution in [3.63, 3.8) is 0 Å². The predicted molar refractivity (Wildman–Crippen MR) is 54.1 cm³/mol. The Kier molecular flexibility index (Phi) is 3.65. The van der Waals surface area contributed by atoms with Crippen molar-refractivity contribution in [1.82, 2.24) is 16.0 Å². The Morgan fingerprint density at radius 1 is 1.67 bits per heavy atom. The highest BCUT2D eigenvalue weighted by atomic mass is 16.3. The highest BCUT2D eigenvalue weighted by Crippen LogP contribution is 1.98. The standard InChI is InChI=1S/C9H17N3O3/c1-9(2,15)5-12-8(14)6-3-11-7(13)4-10-6/h6,10,15H,3-5H2,1-2H3,(H,11,13)(H,12,14). The van der Waals surface area contributed by atoms with E-state index in [4.69, 9.17) is 0 Å². The van der Waals surface area contributed by atoms with Gasteiger partial charge in [0, 0.05) is 13.1 Å². The second kappa shape index (κ2) is 4.59. The van der Waals surface area contributed by atoms with E-state index in [2.05, 4.69) is 16.0 Å². The van der Waals surface area contributed by atoms with Crippen LogP contribution in [-0.2, 0) is 9.59 Å². The van der Waals surface area contributed by atoms with Gasteiger partial charge in [-0.05, 0) is 13.8 Å². The molecule has 0 spiro atoms. The summed E-state index contributed by atoms with van der Waals surface area (Å²) in [5.41, 5.74) is -0.923. The molecule has 1 rings (SSSR count). The molecule has 0 saturated carbocycles. The Hall–Kier alpha value is -1.14. The SMILES string of the molecule is CC(C)(O)CNC(=O)C1CNC(=O)CN1. The zero-order valence-electron chi connectivity index (χ0n) is 8.96. The van der Waals surface area contributed by atoms with Crippen LogP contribution in [0.15, 0.2) is 0 Å². The summed E-state index contributed by atoms with van der Waals surface area (Å²) in [6, 6.07) is -0.412. The summed E-state index contributed by atoms with van der Waals surface area (Å²) in [5.74, 6) is -0.321. The molecule has 0 bridgehead atoms. The van der Waals surface area contributed by atoms with E-state index in [9.17, 15) is 14.7 Å². The van der Waals surface area contributed by atoms with Gasteiger partial charge in [-0.3, -0.25) is 14.9 Å². The Bertz CT molecular complexity index is 250. The van der Waals surface area contributed by atoms with Crippen molar-refractivity contribution in [2.45, 2.75) is 25.5 Å². The van der Waals surface area contributed by atoms with Gasteiger partial charge in [0.2, 0.25) is 11.8 Å². The second-order valence-electron chi connectivity index (χ2n) is 4.27. The van der Waals surface area contributed by atoms with Gasteiger partial charge in [-0.1, -0.05) is 0 Å². The molecule has 4 N–H and O–H groups in total. The first-order chi connectivity index (χ1) is 6.88. The smallest absolute Gasteiger partial charge is 0.239 e.